The van der Waals surface area contributed by atoms with E-state index in [1.54, 1.807) is 16.2 Å². The molecule has 1 aromatic rings. The first-order valence-electron chi connectivity index (χ1n) is 7.20. The molecule has 1 aliphatic rings. The summed E-state index contributed by atoms with van der Waals surface area (Å²) in [6, 6.07) is 4.14. The van der Waals surface area contributed by atoms with Crippen molar-refractivity contribution in [2.45, 2.75) is 32.4 Å². The lowest BCUT2D eigenvalue weighted by atomic mass is 9.92. The zero-order valence-electron chi connectivity index (χ0n) is 12.5. The lowest BCUT2D eigenvalue weighted by molar-refractivity contribution is -0.144. The molecule has 1 N–H and O–H groups in total. The summed E-state index contributed by atoms with van der Waals surface area (Å²) < 4.78 is 0. The summed E-state index contributed by atoms with van der Waals surface area (Å²) in [5.74, 6) is -0.901. The number of nitrogens with zero attached hydrogens (tertiary/aromatic N) is 2. The molecule has 2 unspecified atom stereocenters. The fraction of sp³-hybridized carbons (Fsp3) is 0.600. The zero-order valence-corrected chi connectivity index (χ0v) is 13.3. The predicted molar refractivity (Wildman–Crippen MR) is 82.2 cm³/mol. The first-order chi connectivity index (χ1) is 9.97. The van der Waals surface area contributed by atoms with Crippen LogP contribution < -0.4 is 0 Å². The highest BCUT2D eigenvalue weighted by molar-refractivity contribution is 7.09. The molecule has 2 rings (SSSR count). The predicted octanol–water partition coefficient (Wildman–Crippen LogP) is 1.89. The van der Waals surface area contributed by atoms with Crippen LogP contribution in [0.3, 0.4) is 0 Å². The Balaban J connectivity index is 1.83. The molecular formula is C15H22N2O3S. The minimum Gasteiger partial charge on any atom is -0.481 e. The van der Waals surface area contributed by atoms with Gasteiger partial charge in [-0.15, -0.1) is 11.3 Å². The molecule has 1 amide bonds. The van der Waals surface area contributed by atoms with Gasteiger partial charge in [0.15, 0.2) is 0 Å². The highest BCUT2D eigenvalue weighted by atomic mass is 32.1. The standard InChI is InChI=1S/C15H22N2O3S/c1-11-8-12(15(19)20)5-6-17(11)10-14(18)16(2)9-13-4-3-7-21-13/h3-4,7,11-12H,5-6,8-10H2,1-2H3,(H,19,20). The first-order valence-corrected chi connectivity index (χ1v) is 8.08. The fourth-order valence-electron chi connectivity index (χ4n) is 2.70. The molecule has 0 aromatic carbocycles. The third kappa shape index (κ3) is 4.28. The molecule has 1 aliphatic heterocycles. The molecule has 116 valence electrons. The maximum Gasteiger partial charge on any atom is 0.306 e. The Morgan fingerprint density at radius 2 is 2.29 bits per heavy atom. The van der Waals surface area contributed by atoms with Crippen molar-refractivity contribution < 1.29 is 14.7 Å². The molecule has 0 saturated carbocycles. The van der Waals surface area contributed by atoms with E-state index in [0.717, 1.165) is 0 Å². The van der Waals surface area contributed by atoms with Gasteiger partial charge in [-0.2, -0.15) is 0 Å². The number of carboxylic acids is 1. The summed E-state index contributed by atoms with van der Waals surface area (Å²) in [4.78, 5) is 28.3. The summed E-state index contributed by atoms with van der Waals surface area (Å²) in [5.41, 5.74) is 0. The average Bonchev–Trinajstić information content (AvgIpc) is 2.93. The number of hydrogen-bond donors (Lipinski definition) is 1. The Hall–Kier alpha value is -1.40. The van der Waals surface area contributed by atoms with Crippen LogP contribution in [0.5, 0.6) is 0 Å². The van der Waals surface area contributed by atoms with E-state index in [9.17, 15) is 9.59 Å². The summed E-state index contributed by atoms with van der Waals surface area (Å²) >= 11 is 1.65. The second kappa shape index (κ2) is 7.04. The van der Waals surface area contributed by atoms with Gasteiger partial charge in [0.25, 0.3) is 0 Å². The van der Waals surface area contributed by atoms with Crippen LogP contribution >= 0.6 is 11.3 Å². The van der Waals surface area contributed by atoms with E-state index in [0.29, 0.717) is 32.5 Å². The van der Waals surface area contributed by atoms with Gasteiger partial charge in [0, 0.05) is 18.0 Å². The number of carbonyl (C=O) groups excluding carboxylic acids is 1. The molecule has 1 saturated heterocycles. The third-order valence-corrected chi connectivity index (χ3v) is 4.96. The Bertz CT molecular complexity index is 489. The highest BCUT2D eigenvalue weighted by Crippen LogP contribution is 2.23. The van der Waals surface area contributed by atoms with Crippen LogP contribution in [0.15, 0.2) is 17.5 Å². The molecule has 0 spiro atoms. The Kier molecular flexibility index (Phi) is 5.36. The van der Waals surface area contributed by atoms with Gasteiger partial charge in [0.05, 0.1) is 19.0 Å². The third-order valence-electron chi connectivity index (χ3n) is 4.10. The summed E-state index contributed by atoms with van der Waals surface area (Å²) in [6.45, 7) is 3.68. The second-order valence-electron chi connectivity index (χ2n) is 5.71. The van der Waals surface area contributed by atoms with E-state index >= 15 is 0 Å². The van der Waals surface area contributed by atoms with Gasteiger partial charge in [-0.25, -0.2) is 0 Å². The van der Waals surface area contributed by atoms with Crippen molar-refractivity contribution in [3.05, 3.63) is 22.4 Å². The zero-order chi connectivity index (χ0) is 15.4. The van der Waals surface area contributed by atoms with Crippen LogP contribution in [0, 0.1) is 5.92 Å². The minimum absolute atomic E-state index is 0.0871. The van der Waals surface area contributed by atoms with E-state index < -0.39 is 5.97 Å². The number of hydrogen-bond acceptors (Lipinski definition) is 4. The van der Waals surface area contributed by atoms with Gasteiger partial charge in [-0.05, 0) is 37.8 Å². The monoisotopic (exact) mass is 310 g/mol. The van der Waals surface area contributed by atoms with Gasteiger partial charge in [-0.1, -0.05) is 6.07 Å². The molecule has 21 heavy (non-hydrogen) atoms. The quantitative estimate of drug-likeness (QED) is 0.902. The fourth-order valence-corrected chi connectivity index (χ4v) is 3.46. The van der Waals surface area contributed by atoms with Crippen LogP contribution in [0.2, 0.25) is 0 Å². The molecule has 1 fully saturated rings. The number of piperidine rings is 1. The molecular weight excluding hydrogens is 288 g/mol. The average molecular weight is 310 g/mol. The molecule has 2 atom stereocenters. The molecule has 0 bridgehead atoms. The van der Waals surface area contributed by atoms with Gasteiger partial charge in [0.2, 0.25) is 5.91 Å². The van der Waals surface area contributed by atoms with Crippen molar-refractivity contribution in [2.24, 2.45) is 5.92 Å². The van der Waals surface area contributed by atoms with Gasteiger partial charge in [0.1, 0.15) is 0 Å². The Labute approximate surface area is 129 Å². The number of amides is 1. The largest absolute Gasteiger partial charge is 0.481 e. The number of likely N-dealkylation sites (N-methyl/N-ethyl adjacent to an activating group) is 1. The number of rotatable bonds is 5. The highest BCUT2D eigenvalue weighted by Gasteiger charge is 2.30. The molecule has 0 radical (unpaired) electrons. The molecule has 2 heterocycles. The Morgan fingerprint density at radius 1 is 1.52 bits per heavy atom. The van der Waals surface area contributed by atoms with E-state index in [2.05, 4.69) is 4.90 Å². The summed E-state index contributed by atoms with van der Waals surface area (Å²) in [5, 5.41) is 11.1. The smallest absolute Gasteiger partial charge is 0.306 e. The van der Waals surface area contributed by atoms with Crippen LogP contribution in [0.25, 0.3) is 0 Å². The van der Waals surface area contributed by atoms with Crippen molar-refractivity contribution >= 4 is 23.2 Å². The molecule has 0 aliphatic carbocycles. The van der Waals surface area contributed by atoms with E-state index in [-0.39, 0.29) is 17.9 Å². The van der Waals surface area contributed by atoms with Crippen molar-refractivity contribution in [1.82, 2.24) is 9.80 Å². The van der Waals surface area contributed by atoms with Crippen LogP contribution in [0.4, 0.5) is 0 Å². The number of likely N-dealkylation sites (tertiary alicyclic amines) is 1. The van der Waals surface area contributed by atoms with Crippen molar-refractivity contribution in [2.75, 3.05) is 20.1 Å². The van der Waals surface area contributed by atoms with E-state index in [1.807, 2.05) is 31.5 Å². The topological polar surface area (TPSA) is 60.9 Å². The SMILES string of the molecule is CC1CC(C(=O)O)CCN1CC(=O)N(C)Cc1cccs1. The maximum atomic E-state index is 12.3. The van der Waals surface area contributed by atoms with Crippen LogP contribution in [0.1, 0.15) is 24.6 Å². The van der Waals surface area contributed by atoms with Gasteiger partial charge in [-0.3, -0.25) is 14.5 Å². The van der Waals surface area contributed by atoms with Crippen LogP contribution in [-0.2, 0) is 16.1 Å². The number of aliphatic carboxylic acids is 1. The van der Waals surface area contributed by atoms with Crippen molar-refractivity contribution in [3.63, 3.8) is 0 Å². The Morgan fingerprint density at radius 3 is 2.86 bits per heavy atom. The lowest BCUT2D eigenvalue weighted by Crippen LogP contribution is -2.47. The first kappa shape index (κ1) is 16.0. The number of thiophene rings is 1. The molecule has 5 nitrogen and oxygen atoms in total. The lowest BCUT2D eigenvalue weighted by Gasteiger charge is -2.36. The summed E-state index contributed by atoms with van der Waals surface area (Å²) in [6.07, 6.45) is 1.25. The van der Waals surface area contributed by atoms with Gasteiger partial charge >= 0.3 is 5.97 Å². The van der Waals surface area contributed by atoms with E-state index in [4.69, 9.17) is 5.11 Å². The van der Waals surface area contributed by atoms with Crippen LogP contribution in [-0.4, -0.2) is 53.0 Å². The van der Waals surface area contributed by atoms with Crippen molar-refractivity contribution in [3.8, 4) is 0 Å². The second-order valence-corrected chi connectivity index (χ2v) is 6.74. The number of carboxylic acid groups (broad SMARTS) is 1. The summed E-state index contributed by atoms with van der Waals surface area (Å²) in [7, 11) is 1.82. The van der Waals surface area contributed by atoms with Gasteiger partial charge < -0.3 is 10.0 Å². The minimum atomic E-state index is -0.720. The maximum absolute atomic E-state index is 12.3. The molecule has 1 aromatic heterocycles. The molecule has 6 heteroatoms. The number of carbonyl (C=O) groups is 2. The van der Waals surface area contributed by atoms with E-state index in [1.165, 1.54) is 4.88 Å². The normalized spacial score (nSPS) is 23.0. The van der Waals surface area contributed by atoms with Crippen molar-refractivity contribution in [1.29, 1.82) is 0 Å².